The Bertz CT molecular complexity index is 767. The predicted molar refractivity (Wildman–Crippen MR) is 99.4 cm³/mol. The Morgan fingerprint density at radius 2 is 2.16 bits per heavy atom. The van der Waals surface area contributed by atoms with E-state index in [0.717, 1.165) is 42.0 Å². The second kappa shape index (κ2) is 7.59. The van der Waals surface area contributed by atoms with Crippen LogP contribution in [0.1, 0.15) is 19.3 Å². The molecule has 1 aromatic heterocycles. The number of nitrogens with zero attached hydrogens (tertiary/aromatic N) is 1. The van der Waals surface area contributed by atoms with Crippen LogP contribution in [0.5, 0.6) is 11.5 Å². The Hall–Kier alpha value is -1.83. The van der Waals surface area contributed by atoms with Crippen LogP contribution in [-0.4, -0.2) is 24.2 Å². The molecule has 134 valence electrons. The lowest BCUT2D eigenvalue weighted by molar-refractivity contribution is -0.120. The van der Waals surface area contributed by atoms with Crippen molar-refractivity contribution < 1.29 is 14.3 Å². The number of amides is 1. The van der Waals surface area contributed by atoms with Crippen LogP contribution >= 0.6 is 23.7 Å². The van der Waals surface area contributed by atoms with Gasteiger partial charge in [0.15, 0.2) is 16.6 Å². The molecule has 1 amide bonds. The molecule has 0 saturated heterocycles. The van der Waals surface area contributed by atoms with E-state index in [1.807, 2.05) is 23.6 Å². The van der Waals surface area contributed by atoms with Crippen molar-refractivity contribution in [1.82, 2.24) is 4.98 Å². The quantitative estimate of drug-likeness (QED) is 0.848. The second-order valence-corrected chi connectivity index (χ2v) is 6.99. The first kappa shape index (κ1) is 18.0. The van der Waals surface area contributed by atoms with E-state index < -0.39 is 0 Å². The molecule has 0 bridgehead atoms. The maximum absolute atomic E-state index is 12.4. The molecule has 1 aromatic carbocycles. The number of carbonyl (C=O) groups excluding carboxylic acids is 1. The number of nitrogens with two attached hydrogens (primary N) is 1. The zero-order valence-electron chi connectivity index (χ0n) is 13.6. The van der Waals surface area contributed by atoms with Crippen molar-refractivity contribution in [3.05, 3.63) is 23.6 Å². The molecule has 2 heterocycles. The zero-order valence-corrected chi connectivity index (χ0v) is 15.2. The molecule has 6 nitrogen and oxygen atoms in total. The third kappa shape index (κ3) is 3.58. The van der Waals surface area contributed by atoms with E-state index in [0.29, 0.717) is 17.6 Å². The minimum atomic E-state index is 0. The van der Waals surface area contributed by atoms with Gasteiger partial charge < -0.3 is 20.5 Å². The number of aromatic nitrogens is 1. The molecule has 25 heavy (non-hydrogen) atoms. The monoisotopic (exact) mass is 381 g/mol. The van der Waals surface area contributed by atoms with Crippen LogP contribution in [0.3, 0.4) is 0 Å². The molecule has 0 radical (unpaired) electrons. The summed E-state index contributed by atoms with van der Waals surface area (Å²) in [6, 6.07) is 5.72. The van der Waals surface area contributed by atoms with Gasteiger partial charge in [-0.3, -0.25) is 4.79 Å². The summed E-state index contributed by atoms with van der Waals surface area (Å²) in [5, 5.41) is 5.50. The number of hydrogen-bond donors (Lipinski definition) is 2. The smallest absolute Gasteiger partial charge is 0.231 e. The third-order valence-corrected chi connectivity index (χ3v) is 5.46. The van der Waals surface area contributed by atoms with E-state index >= 15 is 0 Å². The number of thiazole rings is 1. The number of ether oxygens (including phenoxy) is 2. The molecule has 8 heteroatoms. The average Bonchev–Trinajstić information content (AvgIpc) is 3.33. The van der Waals surface area contributed by atoms with Crippen LogP contribution in [0.2, 0.25) is 0 Å². The molecule has 2 atom stereocenters. The molecule has 2 aromatic rings. The van der Waals surface area contributed by atoms with Gasteiger partial charge in [0.1, 0.15) is 0 Å². The number of benzene rings is 1. The van der Waals surface area contributed by atoms with Gasteiger partial charge in [-0.05, 0) is 43.5 Å². The first-order valence-corrected chi connectivity index (χ1v) is 8.99. The van der Waals surface area contributed by atoms with E-state index in [4.69, 9.17) is 15.2 Å². The van der Waals surface area contributed by atoms with Gasteiger partial charge in [0.2, 0.25) is 12.7 Å². The average molecular weight is 382 g/mol. The Morgan fingerprint density at radius 1 is 1.32 bits per heavy atom. The highest BCUT2D eigenvalue weighted by molar-refractivity contribution is 7.14. The SMILES string of the molecule is Cl.NC[C@H]1CCC[C@H]1C(=O)Nc1nc(-c2ccc3c(c2)OCO3)cs1. The lowest BCUT2D eigenvalue weighted by Crippen LogP contribution is -2.29. The molecule has 3 N–H and O–H groups in total. The van der Waals surface area contributed by atoms with Crippen LogP contribution in [0.15, 0.2) is 23.6 Å². The minimum absolute atomic E-state index is 0. The van der Waals surface area contributed by atoms with E-state index in [1.54, 1.807) is 0 Å². The summed E-state index contributed by atoms with van der Waals surface area (Å²) in [6.45, 7) is 0.819. The molecule has 4 rings (SSSR count). The normalized spacial score (nSPS) is 21.0. The fourth-order valence-corrected chi connectivity index (χ4v) is 4.10. The number of anilines is 1. The highest BCUT2D eigenvalue weighted by atomic mass is 35.5. The standard InChI is InChI=1S/C17H19N3O3S.ClH/c18-7-11-2-1-3-12(11)16(21)20-17-19-13(8-24-17)10-4-5-14-15(6-10)23-9-22-14;/h4-6,8,11-12H,1-3,7,9,18H2,(H,19,20,21);1H/t11-,12-;/m1./s1. The molecule has 1 aliphatic carbocycles. The molecule has 1 fully saturated rings. The predicted octanol–water partition coefficient (Wildman–Crippen LogP) is 3.27. The topological polar surface area (TPSA) is 86.5 Å². The van der Waals surface area contributed by atoms with Crippen molar-refractivity contribution in [2.75, 3.05) is 18.7 Å². The van der Waals surface area contributed by atoms with Crippen molar-refractivity contribution in [3.8, 4) is 22.8 Å². The summed E-state index contributed by atoms with van der Waals surface area (Å²) < 4.78 is 10.7. The molecule has 0 spiro atoms. The second-order valence-electron chi connectivity index (χ2n) is 6.13. The Balaban J connectivity index is 0.00000182. The van der Waals surface area contributed by atoms with Crippen LogP contribution < -0.4 is 20.5 Å². The van der Waals surface area contributed by atoms with Crippen LogP contribution in [-0.2, 0) is 4.79 Å². The number of fused-ring (bicyclic) bond motifs is 1. The Morgan fingerprint density at radius 3 is 3.00 bits per heavy atom. The third-order valence-electron chi connectivity index (χ3n) is 4.70. The van der Waals surface area contributed by atoms with E-state index in [1.165, 1.54) is 11.3 Å². The van der Waals surface area contributed by atoms with Gasteiger partial charge in [0, 0.05) is 16.9 Å². The van der Waals surface area contributed by atoms with Gasteiger partial charge in [-0.2, -0.15) is 0 Å². The maximum atomic E-state index is 12.4. The van der Waals surface area contributed by atoms with Crippen molar-refractivity contribution in [2.24, 2.45) is 17.6 Å². The maximum Gasteiger partial charge on any atom is 0.231 e. The van der Waals surface area contributed by atoms with Gasteiger partial charge in [0.25, 0.3) is 0 Å². The van der Waals surface area contributed by atoms with Crippen molar-refractivity contribution in [2.45, 2.75) is 19.3 Å². The Kier molecular flexibility index (Phi) is 5.46. The van der Waals surface area contributed by atoms with Gasteiger partial charge >= 0.3 is 0 Å². The fraction of sp³-hybridized carbons (Fsp3) is 0.412. The summed E-state index contributed by atoms with van der Waals surface area (Å²) in [5.74, 6) is 1.81. The summed E-state index contributed by atoms with van der Waals surface area (Å²) >= 11 is 1.43. The Labute approximate surface area is 156 Å². The molecular formula is C17H20ClN3O3S. The van der Waals surface area contributed by atoms with Crippen molar-refractivity contribution in [1.29, 1.82) is 0 Å². The zero-order chi connectivity index (χ0) is 16.5. The van der Waals surface area contributed by atoms with Gasteiger partial charge in [-0.1, -0.05) is 6.42 Å². The first-order valence-electron chi connectivity index (χ1n) is 8.11. The van der Waals surface area contributed by atoms with Gasteiger partial charge in [-0.15, -0.1) is 23.7 Å². The van der Waals surface area contributed by atoms with E-state index in [2.05, 4.69) is 10.3 Å². The molecule has 0 unspecified atom stereocenters. The lowest BCUT2D eigenvalue weighted by Gasteiger charge is -2.16. The number of halogens is 1. The van der Waals surface area contributed by atoms with Crippen LogP contribution in [0.4, 0.5) is 5.13 Å². The molecular weight excluding hydrogens is 362 g/mol. The first-order chi connectivity index (χ1) is 11.7. The number of carbonyl (C=O) groups is 1. The highest BCUT2D eigenvalue weighted by Crippen LogP contribution is 2.37. The fourth-order valence-electron chi connectivity index (χ4n) is 3.38. The summed E-state index contributed by atoms with van der Waals surface area (Å²) in [5.41, 5.74) is 7.52. The number of nitrogens with one attached hydrogen (secondary N) is 1. The minimum Gasteiger partial charge on any atom is -0.454 e. The lowest BCUT2D eigenvalue weighted by atomic mass is 9.95. The van der Waals surface area contributed by atoms with E-state index in [9.17, 15) is 4.79 Å². The van der Waals surface area contributed by atoms with Gasteiger partial charge in [0.05, 0.1) is 5.69 Å². The van der Waals surface area contributed by atoms with Gasteiger partial charge in [-0.25, -0.2) is 4.98 Å². The summed E-state index contributed by atoms with van der Waals surface area (Å²) in [4.78, 5) is 17.0. The largest absolute Gasteiger partial charge is 0.454 e. The summed E-state index contributed by atoms with van der Waals surface area (Å²) in [7, 11) is 0. The molecule has 1 aliphatic heterocycles. The van der Waals surface area contributed by atoms with Crippen LogP contribution in [0.25, 0.3) is 11.3 Å². The van der Waals surface area contributed by atoms with Crippen LogP contribution in [0, 0.1) is 11.8 Å². The van der Waals surface area contributed by atoms with Crippen molar-refractivity contribution >= 4 is 34.8 Å². The number of hydrogen-bond acceptors (Lipinski definition) is 6. The summed E-state index contributed by atoms with van der Waals surface area (Å²) in [6.07, 6.45) is 3.02. The molecule has 1 saturated carbocycles. The van der Waals surface area contributed by atoms with Crippen molar-refractivity contribution in [3.63, 3.8) is 0 Å². The van der Waals surface area contributed by atoms with E-state index in [-0.39, 0.29) is 31.0 Å². The highest BCUT2D eigenvalue weighted by Gasteiger charge is 2.32. The number of rotatable bonds is 4. The molecule has 2 aliphatic rings.